The van der Waals surface area contributed by atoms with Crippen molar-refractivity contribution in [2.75, 3.05) is 33.4 Å². The van der Waals surface area contributed by atoms with Crippen molar-refractivity contribution < 1.29 is 9.47 Å². The minimum absolute atomic E-state index is 0.604. The number of hydrogen-bond donors (Lipinski definition) is 0. The zero-order valence-electron chi connectivity index (χ0n) is 12.6. The van der Waals surface area contributed by atoms with Gasteiger partial charge in [-0.05, 0) is 62.4 Å². The highest BCUT2D eigenvalue weighted by Gasteiger charge is 2.17. The Labute approximate surface area is 123 Å². The van der Waals surface area contributed by atoms with Crippen LogP contribution in [0.4, 0.5) is 0 Å². The molecule has 1 saturated heterocycles. The van der Waals surface area contributed by atoms with Crippen LogP contribution in [0.2, 0.25) is 0 Å². The van der Waals surface area contributed by atoms with Crippen molar-refractivity contribution in [1.82, 2.24) is 4.81 Å². The third kappa shape index (κ3) is 4.53. The standard InChI is InChI=1S/C16H24BNO2/c1-13-3-4-15(12-16(13)20-10-9-19-2)11-14-5-7-18(17)8-6-14/h3-4,12,14H,5-11H2,1-2H3. The van der Waals surface area contributed by atoms with E-state index < -0.39 is 0 Å². The molecule has 1 aliphatic rings. The molecule has 1 aliphatic heterocycles. The van der Waals surface area contributed by atoms with Crippen molar-refractivity contribution in [2.24, 2.45) is 5.92 Å². The molecule has 1 fully saturated rings. The number of piperidine rings is 1. The van der Waals surface area contributed by atoms with E-state index in [-0.39, 0.29) is 0 Å². The fourth-order valence-electron chi connectivity index (χ4n) is 2.65. The highest BCUT2D eigenvalue weighted by Crippen LogP contribution is 2.25. The summed E-state index contributed by atoms with van der Waals surface area (Å²) in [6.07, 6.45) is 3.49. The largest absolute Gasteiger partial charge is 0.491 e. The number of nitrogens with zero attached hydrogens (tertiary/aromatic N) is 1. The third-order valence-corrected chi connectivity index (χ3v) is 3.97. The monoisotopic (exact) mass is 273 g/mol. The van der Waals surface area contributed by atoms with E-state index in [0.29, 0.717) is 13.2 Å². The van der Waals surface area contributed by atoms with E-state index >= 15 is 0 Å². The summed E-state index contributed by atoms with van der Waals surface area (Å²) in [6, 6.07) is 6.54. The molecule has 4 heteroatoms. The molecule has 1 aromatic carbocycles. The first-order valence-corrected chi connectivity index (χ1v) is 7.40. The molecule has 0 atom stereocenters. The van der Waals surface area contributed by atoms with E-state index in [1.165, 1.54) is 24.0 Å². The second kappa shape index (κ2) is 7.70. The van der Waals surface area contributed by atoms with Crippen LogP contribution < -0.4 is 4.74 Å². The van der Waals surface area contributed by atoms with Crippen LogP contribution in [0.15, 0.2) is 18.2 Å². The van der Waals surface area contributed by atoms with Crippen LogP contribution in [0.5, 0.6) is 5.75 Å². The fraction of sp³-hybridized carbons (Fsp3) is 0.625. The Morgan fingerprint density at radius 3 is 2.70 bits per heavy atom. The summed E-state index contributed by atoms with van der Waals surface area (Å²) in [5.74, 6) is 1.72. The first-order chi connectivity index (χ1) is 9.69. The SMILES string of the molecule is [B]N1CCC(Cc2ccc(C)c(OCCOC)c2)CC1. The average Bonchev–Trinajstić information content (AvgIpc) is 2.45. The summed E-state index contributed by atoms with van der Waals surface area (Å²) in [4.78, 5) is 1.92. The summed E-state index contributed by atoms with van der Waals surface area (Å²) in [5, 5.41) is 0. The Morgan fingerprint density at radius 1 is 1.25 bits per heavy atom. The summed E-state index contributed by atoms with van der Waals surface area (Å²) < 4.78 is 10.8. The van der Waals surface area contributed by atoms with Gasteiger partial charge in [0.15, 0.2) is 7.98 Å². The molecule has 0 aliphatic carbocycles. The van der Waals surface area contributed by atoms with Gasteiger partial charge < -0.3 is 14.3 Å². The van der Waals surface area contributed by atoms with E-state index in [4.69, 9.17) is 17.5 Å². The molecule has 0 spiro atoms. The summed E-state index contributed by atoms with van der Waals surface area (Å²) in [6.45, 7) is 5.32. The van der Waals surface area contributed by atoms with Gasteiger partial charge in [-0.25, -0.2) is 0 Å². The van der Waals surface area contributed by atoms with Crippen LogP contribution >= 0.6 is 0 Å². The second-order valence-corrected chi connectivity index (χ2v) is 5.62. The van der Waals surface area contributed by atoms with Gasteiger partial charge in [-0.1, -0.05) is 12.1 Å². The molecule has 2 rings (SSSR count). The van der Waals surface area contributed by atoms with Crippen molar-refractivity contribution >= 4 is 7.98 Å². The molecule has 0 N–H and O–H groups in total. The van der Waals surface area contributed by atoms with E-state index in [1.54, 1.807) is 7.11 Å². The van der Waals surface area contributed by atoms with Gasteiger partial charge in [0.05, 0.1) is 6.61 Å². The highest BCUT2D eigenvalue weighted by atomic mass is 16.5. The van der Waals surface area contributed by atoms with Crippen LogP contribution in [0.25, 0.3) is 0 Å². The Morgan fingerprint density at radius 2 is 2.00 bits per heavy atom. The van der Waals surface area contributed by atoms with Crippen LogP contribution in [-0.4, -0.2) is 46.2 Å². The molecule has 0 aromatic heterocycles. The Hall–Kier alpha value is -0.995. The molecule has 2 radical (unpaired) electrons. The van der Waals surface area contributed by atoms with Gasteiger partial charge in [0, 0.05) is 7.11 Å². The number of methoxy groups -OCH3 is 1. The van der Waals surface area contributed by atoms with Crippen molar-refractivity contribution in [3.05, 3.63) is 29.3 Å². The molecular formula is C16H24BNO2. The molecule has 0 saturated carbocycles. The van der Waals surface area contributed by atoms with Crippen molar-refractivity contribution in [3.8, 4) is 5.75 Å². The van der Waals surface area contributed by atoms with E-state index in [9.17, 15) is 0 Å². The van der Waals surface area contributed by atoms with Crippen molar-refractivity contribution in [3.63, 3.8) is 0 Å². The Kier molecular flexibility index (Phi) is 5.93. The third-order valence-electron chi connectivity index (χ3n) is 3.97. The molecule has 0 amide bonds. The number of ether oxygens (including phenoxy) is 2. The van der Waals surface area contributed by atoms with Crippen LogP contribution in [0.1, 0.15) is 24.0 Å². The summed E-state index contributed by atoms with van der Waals surface area (Å²) >= 11 is 0. The molecule has 20 heavy (non-hydrogen) atoms. The van der Waals surface area contributed by atoms with Crippen LogP contribution in [-0.2, 0) is 11.2 Å². The van der Waals surface area contributed by atoms with Crippen LogP contribution in [0.3, 0.4) is 0 Å². The average molecular weight is 273 g/mol. The summed E-state index contributed by atoms with van der Waals surface area (Å²) in [5.41, 5.74) is 2.54. The molecular weight excluding hydrogens is 249 g/mol. The van der Waals surface area contributed by atoms with E-state index in [2.05, 4.69) is 25.1 Å². The smallest absolute Gasteiger partial charge is 0.182 e. The van der Waals surface area contributed by atoms with E-state index in [1.807, 2.05) is 4.81 Å². The van der Waals surface area contributed by atoms with Gasteiger partial charge in [0.25, 0.3) is 0 Å². The zero-order chi connectivity index (χ0) is 14.4. The van der Waals surface area contributed by atoms with Gasteiger partial charge in [-0.2, -0.15) is 0 Å². The number of hydrogen-bond acceptors (Lipinski definition) is 3. The lowest BCUT2D eigenvalue weighted by Gasteiger charge is -2.29. The van der Waals surface area contributed by atoms with Crippen LogP contribution in [0, 0.1) is 12.8 Å². The van der Waals surface area contributed by atoms with E-state index in [0.717, 1.165) is 31.2 Å². The molecule has 3 nitrogen and oxygen atoms in total. The lowest BCUT2D eigenvalue weighted by molar-refractivity contribution is 0.146. The normalized spacial score (nSPS) is 17.3. The maximum atomic E-state index is 5.80. The van der Waals surface area contributed by atoms with Gasteiger partial charge in [0.1, 0.15) is 12.4 Å². The van der Waals surface area contributed by atoms with Crippen molar-refractivity contribution in [2.45, 2.75) is 26.2 Å². The maximum Gasteiger partial charge on any atom is 0.182 e. The predicted octanol–water partition coefficient (Wildman–Crippen LogP) is 2.36. The first-order valence-electron chi connectivity index (χ1n) is 7.40. The molecule has 0 bridgehead atoms. The Balaban J connectivity index is 1.92. The molecule has 0 unspecified atom stereocenters. The maximum absolute atomic E-state index is 5.80. The second-order valence-electron chi connectivity index (χ2n) is 5.62. The fourth-order valence-corrected chi connectivity index (χ4v) is 2.65. The zero-order valence-corrected chi connectivity index (χ0v) is 12.6. The van der Waals surface area contributed by atoms with Gasteiger partial charge in [-0.15, -0.1) is 0 Å². The molecule has 108 valence electrons. The quantitative estimate of drug-likeness (QED) is 0.586. The lowest BCUT2D eigenvalue weighted by atomic mass is 9.89. The lowest BCUT2D eigenvalue weighted by Crippen LogP contribution is -2.32. The number of aryl methyl sites for hydroxylation is 1. The summed E-state index contributed by atoms with van der Waals surface area (Å²) in [7, 11) is 7.49. The Bertz CT molecular complexity index is 417. The van der Waals surface area contributed by atoms with Gasteiger partial charge in [0.2, 0.25) is 0 Å². The van der Waals surface area contributed by atoms with Gasteiger partial charge >= 0.3 is 0 Å². The number of rotatable bonds is 6. The first kappa shape index (κ1) is 15.4. The minimum Gasteiger partial charge on any atom is -0.491 e. The minimum atomic E-state index is 0.604. The van der Waals surface area contributed by atoms with Gasteiger partial charge in [-0.3, -0.25) is 0 Å². The molecule has 1 aromatic rings. The number of benzene rings is 1. The highest BCUT2D eigenvalue weighted by molar-refractivity contribution is 6.04. The topological polar surface area (TPSA) is 21.7 Å². The van der Waals surface area contributed by atoms with Crippen molar-refractivity contribution in [1.29, 1.82) is 0 Å². The molecule has 1 heterocycles. The predicted molar refractivity (Wildman–Crippen MR) is 82.3 cm³/mol.